The fourth-order valence-electron chi connectivity index (χ4n) is 3.55. The third-order valence-electron chi connectivity index (χ3n) is 5.00. The minimum Gasteiger partial charge on any atom is -0.508 e. The van der Waals surface area contributed by atoms with Gasteiger partial charge in [-0.25, -0.2) is 8.42 Å². The Morgan fingerprint density at radius 3 is 2.23 bits per heavy atom. The first-order valence-electron chi connectivity index (χ1n) is 8.64. The van der Waals surface area contributed by atoms with Crippen molar-refractivity contribution in [3.63, 3.8) is 0 Å². The van der Waals surface area contributed by atoms with Crippen LogP contribution in [0.1, 0.15) is 37.2 Å². The first kappa shape index (κ1) is 18.7. The van der Waals surface area contributed by atoms with Crippen LogP contribution < -0.4 is 4.72 Å². The van der Waals surface area contributed by atoms with Crippen LogP contribution in [0.2, 0.25) is 0 Å². The second kappa shape index (κ2) is 7.65. The second-order valence-corrected chi connectivity index (χ2v) is 8.45. The van der Waals surface area contributed by atoms with E-state index in [4.69, 9.17) is 0 Å². The Bertz CT molecular complexity index is 845. The summed E-state index contributed by atoms with van der Waals surface area (Å²) in [5, 5.41) is 29.7. The van der Waals surface area contributed by atoms with E-state index in [0.717, 1.165) is 18.4 Å². The third kappa shape index (κ3) is 4.17. The summed E-state index contributed by atoms with van der Waals surface area (Å²) in [5.41, 5.74) is 0.778. The van der Waals surface area contributed by atoms with Gasteiger partial charge in [0, 0.05) is 6.07 Å². The van der Waals surface area contributed by atoms with Crippen LogP contribution in [0, 0.1) is 5.92 Å². The molecule has 2 aromatic rings. The topological polar surface area (TPSA) is 107 Å². The van der Waals surface area contributed by atoms with Gasteiger partial charge >= 0.3 is 0 Å². The highest BCUT2D eigenvalue weighted by Gasteiger charge is 2.31. The lowest BCUT2D eigenvalue weighted by Crippen LogP contribution is -2.41. The Morgan fingerprint density at radius 2 is 1.62 bits per heavy atom. The van der Waals surface area contributed by atoms with E-state index in [0.29, 0.717) is 12.8 Å². The smallest absolute Gasteiger partial charge is 0.242 e. The van der Waals surface area contributed by atoms with Crippen LogP contribution in [0.25, 0.3) is 0 Å². The van der Waals surface area contributed by atoms with E-state index in [1.54, 1.807) is 30.3 Å². The predicted molar refractivity (Wildman–Crippen MR) is 97.2 cm³/mol. The number of aliphatic hydroxyl groups excluding tert-OH is 1. The Balaban J connectivity index is 1.61. The molecule has 2 aromatic carbocycles. The molecule has 1 saturated carbocycles. The summed E-state index contributed by atoms with van der Waals surface area (Å²) in [6.45, 7) is 0. The number of aromatic hydroxyl groups is 2. The first-order valence-corrected chi connectivity index (χ1v) is 10.1. The van der Waals surface area contributed by atoms with E-state index in [1.165, 1.54) is 18.2 Å². The van der Waals surface area contributed by atoms with Gasteiger partial charge in [-0.05, 0) is 61.3 Å². The summed E-state index contributed by atoms with van der Waals surface area (Å²) in [5.74, 6) is 0.0400. The molecule has 140 valence electrons. The molecular formula is C19H23NO5S. The molecule has 4 N–H and O–H groups in total. The normalized spacial score (nSPS) is 22.0. The molecule has 3 rings (SSSR count). The highest BCUT2D eigenvalue weighted by molar-refractivity contribution is 7.89. The van der Waals surface area contributed by atoms with Crippen molar-refractivity contribution in [2.45, 2.75) is 42.7 Å². The molecule has 0 bridgehead atoms. The fraction of sp³-hybridized carbons (Fsp3) is 0.368. The zero-order chi connectivity index (χ0) is 18.7. The van der Waals surface area contributed by atoms with E-state index >= 15 is 0 Å². The molecule has 1 unspecified atom stereocenters. The average molecular weight is 377 g/mol. The second-order valence-electron chi connectivity index (χ2n) is 6.73. The fourth-order valence-corrected chi connectivity index (χ4v) is 4.71. The van der Waals surface area contributed by atoms with Crippen LogP contribution in [0.15, 0.2) is 53.4 Å². The van der Waals surface area contributed by atoms with Crippen LogP contribution in [0.5, 0.6) is 11.5 Å². The number of sulfonamides is 1. The van der Waals surface area contributed by atoms with E-state index in [1.807, 2.05) is 0 Å². The lowest BCUT2D eigenvalue weighted by atomic mass is 9.78. The Hall–Kier alpha value is -2.09. The Morgan fingerprint density at radius 1 is 0.962 bits per heavy atom. The molecule has 0 spiro atoms. The van der Waals surface area contributed by atoms with E-state index < -0.39 is 16.3 Å². The molecule has 0 heterocycles. The highest BCUT2D eigenvalue weighted by atomic mass is 32.2. The minimum absolute atomic E-state index is 0.0191. The van der Waals surface area contributed by atoms with Crippen molar-refractivity contribution >= 4 is 10.0 Å². The van der Waals surface area contributed by atoms with Gasteiger partial charge in [-0.2, -0.15) is 4.72 Å². The molecule has 0 aromatic heterocycles. The maximum Gasteiger partial charge on any atom is 0.242 e. The minimum atomic E-state index is -3.75. The number of phenolic OH excluding ortho intramolecular Hbond substituents is 2. The summed E-state index contributed by atoms with van der Waals surface area (Å²) in [6, 6.07) is 12.6. The van der Waals surface area contributed by atoms with Crippen LogP contribution >= 0.6 is 0 Å². The summed E-state index contributed by atoms with van der Waals surface area (Å²) >= 11 is 0. The summed E-state index contributed by atoms with van der Waals surface area (Å²) in [6.07, 6.45) is 1.60. The number of nitrogens with one attached hydrogen (secondary N) is 1. The largest absolute Gasteiger partial charge is 0.508 e. The number of rotatable bonds is 5. The predicted octanol–water partition coefficient (Wildman–Crippen LogP) is 2.67. The lowest BCUT2D eigenvalue weighted by Gasteiger charge is -2.32. The van der Waals surface area contributed by atoms with Gasteiger partial charge in [-0.3, -0.25) is 0 Å². The molecule has 7 heteroatoms. The molecule has 0 aliphatic heterocycles. The molecule has 1 atom stereocenters. The molecular weight excluding hydrogens is 354 g/mol. The van der Waals surface area contributed by atoms with Crippen molar-refractivity contribution < 1.29 is 23.7 Å². The molecule has 26 heavy (non-hydrogen) atoms. The van der Waals surface area contributed by atoms with Gasteiger partial charge in [0.1, 0.15) is 17.7 Å². The Labute approximate surface area is 153 Å². The zero-order valence-corrected chi connectivity index (χ0v) is 15.1. The van der Waals surface area contributed by atoms with Crippen LogP contribution in [0.4, 0.5) is 0 Å². The van der Waals surface area contributed by atoms with Gasteiger partial charge in [-0.1, -0.05) is 24.3 Å². The molecule has 0 amide bonds. The molecule has 0 radical (unpaired) electrons. The molecule has 1 aliphatic rings. The van der Waals surface area contributed by atoms with Gasteiger partial charge in [0.05, 0.1) is 4.90 Å². The first-order chi connectivity index (χ1) is 12.4. The van der Waals surface area contributed by atoms with Gasteiger partial charge in [0.2, 0.25) is 10.0 Å². The highest BCUT2D eigenvalue weighted by Crippen LogP contribution is 2.40. The SMILES string of the molecule is O=S(=O)(NC(O)C1CCC(c2ccc(O)cc2O)CC1)c1ccccc1. The average Bonchev–Trinajstić information content (AvgIpc) is 2.62. The van der Waals surface area contributed by atoms with Gasteiger partial charge in [0.25, 0.3) is 0 Å². The Kier molecular flexibility index (Phi) is 5.50. The third-order valence-corrected chi connectivity index (χ3v) is 6.45. The van der Waals surface area contributed by atoms with Gasteiger partial charge in [-0.15, -0.1) is 0 Å². The monoisotopic (exact) mass is 377 g/mol. The van der Waals surface area contributed by atoms with E-state index in [9.17, 15) is 23.7 Å². The number of benzene rings is 2. The van der Waals surface area contributed by atoms with Gasteiger partial charge in [0.15, 0.2) is 0 Å². The van der Waals surface area contributed by atoms with E-state index in [-0.39, 0.29) is 28.2 Å². The summed E-state index contributed by atoms with van der Waals surface area (Å²) in [4.78, 5) is 0.127. The quantitative estimate of drug-likeness (QED) is 0.599. The van der Waals surface area contributed by atoms with Crippen molar-refractivity contribution in [1.29, 1.82) is 0 Å². The number of phenols is 2. The van der Waals surface area contributed by atoms with Crippen molar-refractivity contribution in [1.82, 2.24) is 4.72 Å². The van der Waals surface area contributed by atoms with Crippen molar-refractivity contribution in [2.24, 2.45) is 5.92 Å². The maximum atomic E-state index is 12.3. The van der Waals surface area contributed by atoms with Crippen molar-refractivity contribution in [2.75, 3.05) is 0 Å². The molecule has 1 fully saturated rings. The van der Waals surface area contributed by atoms with Crippen LogP contribution in [-0.2, 0) is 10.0 Å². The number of aliphatic hydroxyl groups is 1. The summed E-state index contributed by atoms with van der Waals surface area (Å²) in [7, 11) is -3.75. The zero-order valence-electron chi connectivity index (χ0n) is 14.2. The molecule has 0 saturated heterocycles. The lowest BCUT2D eigenvalue weighted by molar-refractivity contribution is 0.0718. The number of hydrogen-bond acceptors (Lipinski definition) is 5. The molecule has 6 nitrogen and oxygen atoms in total. The maximum absolute atomic E-state index is 12.3. The molecule has 1 aliphatic carbocycles. The van der Waals surface area contributed by atoms with E-state index in [2.05, 4.69) is 4.72 Å². The van der Waals surface area contributed by atoms with Crippen molar-refractivity contribution in [3.05, 3.63) is 54.1 Å². The van der Waals surface area contributed by atoms with Crippen LogP contribution in [-0.4, -0.2) is 30.0 Å². The standard InChI is InChI=1S/C19H23NO5S/c21-15-10-11-17(18(22)12-15)13-6-8-14(9-7-13)19(23)20-26(24,25)16-4-2-1-3-5-16/h1-5,10-14,19-23H,6-9H2. The number of hydrogen-bond donors (Lipinski definition) is 4. The van der Waals surface area contributed by atoms with Crippen molar-refractivity contribution in [3.8, 4) is 11.5 Å². The summed E-state index contributed by atoms with van der Waals surface area (Å²) < 4.78 is 27.0. The van der Waals surface area contributed by atoms with Gasteiger partial charge < -0.3 is 15.3 Å². The van der Waals surface area contributed by atoms with Crippen LogP contribution in [0.3, 0.4) is 0 Å².